The zero-order valence-electron chi connectivity index (χ0n) is 13.3. The molecule has 2 atom stereocenters. The SMILES string of the molecule is CCn1cc(S(=O)(=O)N2CCC3(O)CCCCC3C2)nc1C. The van der Waals surface area contributed by atoms with Gasteiger partial charge in [0.2, 0.25) is 0 Å². The van der Waals surface area contributed by atoms with Gasteiger partial charge in [0, 0.05) is 31.7 Å². The van der Waals surface area contributed by atoms with Crippen molar-refractivity contribution in [2.24, 2.45) is 5.92 Å². The molecule has 0 aromatic carbocycles. The number of nitrogens with zero attached hydrogens (tertiary/aromatic N) is 3. The Bertz CT molecular complexity index is 655. The molecule has 2 unspecified atom stereocenters. The topological polar surface area (TPSA) is 75.4 Å². The van der Waals surface area contributed by atoms with Gasteiger partial charge in [-0.3, -0.25) is 0 Å². The largest absolute Gasteiger partial charge is 0.390 e. The fraction of sp³-hybridized carbons (Fsp3) is 0.800. The molecule has 124 valence electrons. The maximum absolute atomic E-state index is 12.8. The van der Waals surface area contributed by atoms with Gasteiger partial charge in [-0.15, -0.1) is 0 Å². The maximum Gasteiger partial charge on any atom is 0.262 e. The van der Waals surface area contributed by atoms with E-state index in [-0.39, 0.29) is 10.9 Å². The molecule has 3 rings (SSSR count). The van der Waals surface area contributed by atoms with Gasteiger partial charge in [0.05, 0.1) is 5.60 Å². The summed E-state index contributed by atoms with van der Waals surface area (Å²) in [6, 6.07) is 0. The lowest BCUT2D eigenvalue weighted by Crippen LogP contribution is -2.54. The van der Waals surface area contributed by atoms with E-state index in [0.717, 1.165) is 25.7 Å². The summed E-state index contributed by atoms with van der Waals surface area (Å²) < 4.78 is 29.0. The first-order valence-corrected chi connectivity index (χ1v) is 9.57. The van der Waals surface area contributed by atoms with Crippen molar-refractivity contribution in [2.45, 2.75) is 63.1 Å². The third-order valence-electron chi connectivity index (χ3n) is 5.29. The smallest absolute Gasteiger partial charge is 0.262 e. The fourth-order valence-electron chi connectivity index (χ4n) is 3.81. The number of sulfonamides is 1. The minimum atomic E-state index is -3.56. The second kappa shape index (κ2) is 5.62. The van der Waals surface area contributed by atoms with Crippen molar-refractivity contribution in [3.8, 4) is 0 Å². The summed E-state index contributed by atoms with van der Waals surface area (Å²) >= 11 is 0. The van der Waals surface area contributed by atoms with Gasteiger partial charge in [-0.1, -0.05) is 12.8 Å². The molecule has 0 amide bonds. The van der Waals surface area contributed by atoms with Crippen LogP contribution < -0.4 is 0 Å². The van der Waals surface area contributed by atoms with Crippen molar-refractivity contribution >= 4 is 10.0 Å². The van der Waals surface area contributed by atoms with Gasteiger partial charge >= 0.3 is 0 Å². The number of hydrogen-bond acceptors (Lipinski definition) is 4. The Balaban J connectivity index is 1.84. The fourth-order valence-corrected chi connectivity index (χ4v) is 5.29. The van der Waals surface area contributed by atoms with Crippen LogP contribution in [0, 0.1) is 12.8 Å². The van der Waals surface area contributed by atoms with E-state index in [1.54, 1.807) is 6.20 Å². The Morgan fingerprint density at radius 2 is 2.18 bits per heavy atom. The van der Waals surface area contributed by atoms with Gasteiger partial charge < -0.3 is 9.67 Å². The molecule has 1 N–H and O–H groups in total. The lowest BCUT2D eigenvalue weighted by molar-refractivity contribution is -0.0817. The molecule has 1 saturated heterocycles. The highest BCUT2D eigenvalue weighted by Gasteiger charge is 2.45. The second-order valence-corrected chi connectivity index (χ2v) is 8.46. The third kappa shape index (κ3) is 2.59. The van der Waals surface area contributed by atoms with Crippen LogP contribution in [0.5, 0.6) is 0 Å². The molecule has 2 fully saturated rings. The molecule has 2 heterocycles. The van der Waals surface area contributed by atoms with Crippen LogP contribution >= 0.6 is 0 Å². The minimum Gasteiger partial charge on any atom is -0.390 e. The molecule has 7 heteroatoms. The van der Waals surface area contributed by atoms with E-state index < -0.39 is 15.6 Å². The average molecular weight is 327 g/mol. The number of fused-ring (bicyclic) bond motifs is 1. The number of rotatable bonds is 3. The van der Waals surface area contributed by atoms with Gasteiger partial charge in [-0.25, -0.2) is 13.4 Å². The lowest BCUT2D eigenvalue weighted by atomic mass is 9.72. The van der Waals surface area contributed by atoms with E-state index in [1.165, 1.54) is 4.31 Å². The van der Waals surface area contributed by atoms with E-state index in [9.17, 15) is 13.5 Å². The van der Waals surface area contributed by atoms with Crippen molar-refractivity contribution < 1.29 is 13.5 Å². The number of aryl methyl sites for hydroxylation is 2. The van der Waals surface area contributed by atoms with Crippen LogP contribution in [-0.4, -0.2) is 46.1 Å². The molecule has 1 aromatic rings. The predicted molar refractivity (Wildman–Crippen MR) is 82.9 cm³/mol. The molecule has 0 bridgehead atoms. The lowest BCUT2D eigenvalue weighted by Gasteiger charge is -2.46. The molecule has 0 radical (unpaired) electrons. The normalized spacial score (nSPS) is 30.2. The first-order chi connectivity index (χ1) is 10.4. The summed E-state index contributed by atoms with van der Waals surface area (Å²) in [5.74, 6) is 0.770. The van der Waals surface area contributed by atoms with Crippen LogP contribution in [0.3, 0.4) is 0 Å². The van der Waals surface area contributed by atoms with E-state index in [4.69, 9.17) is 0 Å². The minimum absolute atomic E-state index is 0.0548. The molecular weight excluding hydrogens is 302 g/mol. The van der Waals surface area contributed by atoms with Crippen LogP contribution in [-0.2, 0) is 16.6 Å². The molecule has 6 nitrogen and oxygen atoms in total. The summed E-state index contributed by atoms with van der Waals surface area (Å²) in [5.41, 5.74) is -0.664. The molecule has 1 aliphatic heterocycles. The van der Waals surface area contributed by atoms with Gasteiger partial charge in [-0.05, 0) is 33.1 Å². The van der Waals surface area contributed by atoms with Crippen molar-refractivity contribution in [1.82, 2.24) is 13.9 Å². The number of piperidine rings is 1. The number of hydrogen-bond donors (Lipinski definition) is 1. The highest BCUT2D eigenvalue weighted by molar-refractivity contribution is 7.89. The van der Waals surface area contributed by atoms with Crippen molar-refractivity contribution in [3.63, 3.8) is 0 Å². The molecule has 0 spiro atoms. The summed E-state index contributed by atoms with van der Waals surface area (Å²) in [7, 11) is -3.56. The molecular formula is C15H25N3O3S. The second-order valence-electron chi connectivity index (χ2n) is 6.57. The Hall–Kier alpha value is -0.920. The van der Waals surface area contributed by atoms with Crippen LogP contribution in [0.15, 0.2) is 11.2 Å². The Kier molecular flexibility index (Phi) is 4.07. The van der Waals surface area contributed by atoms with E-state index in [0.29, 0.717) is 31.9 Å². The Labute approximate surface area is 132 Å². The number of aromatic nitrogens is 2. The highest BCUT2D eigenvalue weighted by atomic mass is 32.2. The van der Waals surface area contributed by atoms with Crippen molar-refractivity contribution in [2.75, 3.05) is 13.1 Å². The summed E-state index contributed by atoms with van der Waals surface area (Å²) in [6.45, 7) is 5.29. The summed E-state index contributed by atoms with van der Waals surface area (Å²) in [5, 5.41) is 10.8. The van der Waals surface area contributed by atoms with Crippen LogP contribution in [0.1, 0.15) is 44.9 Å². The predicted octanol–water partition coefficient (Wildman–Crippen LogP) is 1.53. The average Bonchev–Trinajstić information content (AvgIpc) is 2.88. The molecule has 1 aromatic heterocycles. The first kappa shape index (κ1) is 16.0. The highest BCUT2D eigenvalue weighted by Crippen LogP contribution is 2.40. The van der Waals surface area contributed by atoms with E-state index in [1.807, 2.05) is 18.4 Å². The number of imidazole rings is 1. The van der Waals surface area contributed by atoms with Crippen molar-refractivity contribution in [1.29, 1.82) is 0 Å². The third-order valence-corrected chi connectivity index (χ3v) is 7.03. The van der Waals surface area contributed by atoms with Gasteiger partial charge in [0.1, 0.15) is 5.82 Å². The monoisotopic (exact) mass is 327 g/mol. The van der Waals surface area contributed by atoms with Crippen LogP contribution in [0.25, 0.3) is 0 Å². The molecule has 2 aliphatic rings. The van der Waals surface area contributed by atoms with Crippen molar-refractivity contribution in [3.05, 3.63) is 12.0 Å². The summed E-state index contributed by atoms with van der Waals surface area (Å²) in [4.78, 5) is 4.22. The van der Waals surface area contributed by atoms with Crippen LogP contribution in [0.4, 0.5) is 0 Å². The Morgan fingerprint density at radius 3 is 2.86 bits per heavy atom. The zero-order valence-corrected chi connectivity index (χ0v) is 14.1. The van der Waals surface area contributed by atoms with Gasteiger partial charge in [-0.2, -0.15) is 4.31 Å². The quantitative estimate of drug-likeness (QED) is 0.913. The zero-order chi connectivity index (χ0) is 16.0. The maximum atomic E-state index is 12.8. The summed E-state index contributed by atoms with van der Waals surface area (Å²) in [6.07, 6.45) is 5.97. The van der Waals surface area contributed by atoms with E-state index >= 15 is 0 Å². The Morgan fingerprint density at radius 1 is 1.41 bits per heavy atom. The molecule has 1 aliphatic carbocycles. The van der Waals surface area contributed by atoms with Gasteiger partial charge in [0.25, 0.3) is 10.0 Å². The molecule has 1 saturated carbocycles. The van der Waals surface area contributed by atoms with E-state index in [2.05, 4.69) is 4.98 Å². The van der Waals surface area contributed by atoms with Crippen LogP contribution in [0.2, 0.25) is 0 Å². The first-order valence-electron chi connectivity index (χ1n) is 8.13. The van der Waals surface area contributed by atoms with Gasteiger partial charge in [0.15, 0.2) is 5.03 Å². The standard InChI is InChI=1S/C15H25N3O3S/c1-3-17-11-14(16-12(17)2)22(20,21)18-9-8-15(19)7-5-4-6-13(15)10-18/h11,13,19H,3-10H2,1-2H3. The number of aliphatic hydroxyl groups is 1. The molecule has 22 heavy (non-hydrogen) atoms.